The highest BCUT2D eigenvalue weighted by molar-refractivity contribution is 9.10. The van der Waals surface area contributed by atoms with Crippen LogP contribution in [-0.2, 0) is 14.9 Å². The Morgan fingerprint density at radius 2 is 1.80 bits per heavy atom. The molecule has 0 radical (unpaired) electrons. The molecule has 4 nitrogen and oxygen atoms in total. The summed E-state index contributed by atoms with van der Waals surface area (Å²) in [5, 5.41) is 3.37. The van der Waals surface area contributed by atoms with Gasteiger partial charge < -0.3 is 14.8 Å². The Morgan fingerprint density at radius 3 is 2.40 bits per heavy atom. The van der Waals surface area contributed by atoms with Crippen molar-refractivity contribution in [1.29, 1.82) is 0 Å². The predicted octanol–water partition coefficient (Wildman–Crippen LogP) is 4.98. The molecule has 4 bridgehead atoms. The Balaban J connectivity index is 1.27. The van der Waals surface area contributed by atoms with Gasteiger partial charge in [0, 0.05) is 35.9 Å². The van der Waals surface area contributed by atoms with E-state index >= 15 is 0 Å². The highest BCUT2D eigenvalue weighted by Crippen LogP contribution is 2.65. The maximum Gasteiger partial charge on any atom is 0.220 e. The molecule has 1 heterocycles. The SMILES string of the molecule is COc1ccc(C2(CNC(=O)CC34CC5CC(CC(Br)(C5)C3)C4)CCOCC2)cc1. The lowest BCUT2D eigenvalue weighted by atomic mass is 9.48. The summed E-state index contributed by atoms with van der Waals surface area (Å²) in [5.41, 5.74) is 1.46. The molecule has 5 aliphatic rings. The fourth-order valence-corrected chi connectivity index (χ4v) is 9.00. The van der Waals surface area contributed by atoms with E-state index in [1.165, 1.54) is 44.1 Å². The maximum atomic E-state index is 13.2. The molecule has 2 unspecified atom stereocenters. The van der Waals surface area contributed by atoms with Crippen molar-refractivity contribution in [3.05, 3.63) is 29.8 Å². The number of rotatable bonds is 6. The molecule has 0 spiro atoms. The number of carbonyl (C=O) groups excluding carboxylic acids is 1. The van der Waals surface area contributed by atoms with Crippen molar-refractivity contribution in [1.82, 2.24) is 5.32 Å². The van der Waals surface area contributed by atoms with Gasteiger partial charge in [-0.15, -0.1) is 0 Å². The van der Waals surface area contributed by atoms with Crippen molar-refractivity contribution >= 4 is 21.8 Å². The van der Waals surface area contributed by atoms with E-state index in [9.17, 15) is 4.79 Å². The lowest BCUT2D eigenvalue weighted by Gasteiger charge is -2.60. The zero-order chi connectivity index (χ0) is 20.8. The summed E-state index contributed by atoms with van der Waals surface area (Å²) in [4.78, 5) is 13.2. The van der Waals surface area contributed by atoms with Gasteiger partial charge in [-0.05, 0) is 86.3 Å². The maximum absolute atomic E-state index is 13.2. The number of amides is 1. The van der Waals surface area contributed by atoms with Crippen LogP contribution in [0.3, 0.4) is 0 Å². The van der Waals surface area contributed by atoms with Crippen LogP contribution in [0.2, 0.25) is 0 Å². The fraction of sp³-hybridized carbons (Fsp3) is 0.720. The summed E-state index contributed by atoms with van der Waals surface area (Å²) in [5.74, 6) is 2.75. The van der Waals surface area contributed by atoms with Crippen LogP contribution < -0.4 is 10.1 Å². The minimum absolute atomic E-state index is 0.0434. The number of halogens is 1. The van der Waals surface area contributed by atoms with E-state index in [2.05, 4.69) is 33.4 Å². The van der Waals surface area contributed by atoms with E-state index in [1.807, 2.05) is 12.1 Å². The van der Waals surface area contributed by atoms with Gasteiger partial charge in [-0.2, -0.15) is 0 Å². The van der Waals surface area contributed by atoms with Gasteiger partial charge in [-0.1, -0.05) is 28.1 Å². The van der Waals surface area contributed by atoms with Crippen molar-refractivity contribution in [3.8, 4) is 5.75 Å². The highest BCUT2D eigenvalue weighted by atomic mass is 79.9. The topological polar surface area (TPSA) is 47.6 Å². The fourth-order valence-electron chi connectivity index (χ4n) is 7.49. The molecule has 0 aromatic heterocycles. The molecule has 1 N–H and O–H groups in total. The third-order valence-corrected chi connectivity index (χ3v) is 9.35. The van der Waals surface area contributed by atoms with Crippen LogP contribution in [0.4, 0.5) is 0 Å². The summed E-state index contributed by atoms with van der Waals surface area (Å²) >= 11 is 4.08. The zero-order valence-corrected chi connectivity index (χ0v) is 19.6. The summed E-state index contributed by atoms with van der Waals surface area (Å²) in [6, 6.07) is 8.37. The molecule has 6 rings (SSSR count). The molecule has 1 saturated heterocycles. The number of alkyl halides is 1. The van der Waals surface area contributed by atoms with E-state index in [0.29, 0.717) is 17.3 Å². The molecule has 1 aromatic rings. The number of nitrogens with one attached hydrogen (secondary N) is 1. The highest BCUT2D eigenvalue weighted by Gasteiger charge is 2.57. The zero-order valence-electron chi connectivity index (χ0n) is 18.1. The normalized spacial score (nSPS) is 36.5. The van der Waals surface area contributed by atoms with Crippen LogP contribution in [0.1, 0.15) is 63.4 Å². The second kappa shape index (κ2) is 7.81. The van der Waals surface area contributed by atoms with Crippen LogP contribution in [0.25, 0.3) is 0 Å². The molecule has 5 fully saturated rings. The van der Waals surface area contributed by atoms with E-state index in [-0.39, 0.29) is 16.7 Å². The van der Waals surface area contributed by atoms with Gasteiger partial charge in [0.15, 0.2) is 0 Å². The smallest absolute Gasteiger partial charge is 0.220 e. The predicted molar refractivity (Wildman–Crippen MR) is 121 cm³/mol. The van der Waals surface area contributed by atoms with Crippen molar-refractivity contribution < 1.29 is 14.3 Å². The van der Waals surface area contributed by atoms with E-state index in [0.717, 1.165) is 43.6 Å². The van der Waals surface area contributed by atoms with Gasteiger partial charge in [0.25, 0.3) is 0 Å². The molecule has 1 aromatic carbocycles. The Bertz CT molecular complexity index is 772. The van der Waals surface area contributed by atoms with E-state index in [1.54, 1.807) is 7.11 Å². The van der Waals surface area contributed by atoms with Gasteiger partial charge in [-0.3, -0.25) is 4.79 Å². The van der Waals surface area contributed by atoms with Crippen molar-refractivity contribution in [2.24, 2.45) is 17.3 Å². The van der Waals surface area contributed by atoms with Gasteiger partial charge in [0.2, 0.25) is 5.91 Å². The monoisotopic (exact) mass is 475 g/mol. The number of benzene rings is 1. The second-order valence-electron chi connectivity index (χ2n) is 10.7. The molecule has 30 heavy (non-hydrogen) atoms. The average Bonchev–Trinajstić information content (AvgIpc) is 2.71. The van der Waals surface area contributed by atoms with Gasteiger partial charge in [-0.25, -0.2) is 0 Å². The summed E-state index contributed by atoms with van der Waals surface area (Å²) in [7, 11) is 1.70. The number of hydrogen-bond acceptors (Lipinski definition) is 3. The Kier molecular flexibility index (Phi) is 5.42. The Labute approximate surface area is 188 Å². The Morgan fingerprint density at radius 1 is 1.13 bits per heavy atom. The lowest BCUT2D eigenvalue weighted by Crippen LogP contribution is -2.54. The first-order chi connectivity index (χ1) is 14.4. The number of ether oxygens (including phenoxy) is 2. The van der Waals surface area contributed by atoms with Crippen LogP contribution in [-0.4, -0.2) is 37.1 Å². The Hall–Kier alpha value is -1.07. The minimum atomic E-state index is -0.0434. The first-order valence-corrected chi connectivity index (χ1v) is 12.4. The molecule has 4 saturated carbocycles. The second-order valence-corrected chi connectivity index (χ2v) is 12.4. The average molecular weight is 476 g/mol. The largest absolute Gasteiger partial charge is 0.497 e. The molecule has 4 aliphatic carbocycles. The van der Waals surface area contributed by atoms with Gasteiger partial charge in [0.1, 0.15) is 5.75 Å². The van der Waals surface area contributed by atoms with Gasteiger partial charge >= 0.3 is 0 Å². The summed E-state index contributed by atoms with van der Waals surface area (Å²) < 4.78 is 11.3. The molecular formula is C25H34BrNO3. The number of carbonyl (C=O) groups is 1. The van der Waals surface area contributed by atoms with Crippen molar-refractivity contribution in [3.63, 3.8) is 0 Å². The molecule has 1 aliphatic heterocycles. The third kappa shape index (κ3) is 3.92. The lowest BCUT2D eigenvalue weighted by molar-refractivity contribution is -0.128. The van der Waals surface area contributed by atoms with Gasteiger partial charge in [0.05, 0.1) is 7.11 Å². The van der Waals surface area contributed by atoms with Crippen molar-refractivity contribution in [2.75, 3.05) is 26.9 Å². The third-order valence-electron chi connectivity index (χ3n) is 8.42. The van der Waals surface area contributed by atoms with E-state index in [4.69, 9.17) is 9.47 Å². The summed E-state index contributed by atoms with van der Waals surface area (Å²) in [6.07, 6.45) is 10.3. The number of hydrogen-bond donors (Lipinski definition) is 1. The van der Waals surface area contributed by atoms with Crippen LogP contribution in [0, 0.1) is 17.3 Å². The molecular weight excluding hydrogens is 442 g/mol. The standard InChI is InChI=1S/C25H34BrNO3/c1-29-21-4-2-20(3-5-21)24(6-8-30-9-7-24)17-27-22(28)15-23-11-18-10-19(12-23)14-25(26,13-18)16-23/h2-5,18-19H,6-17H2,1H3,(H,27,28). The first-order valence-electron chi connectivity index (χ1n) is 11.6. The van der Waals surface area contributed by atoms with Crippen LogP contribution >= 0.6 is 15.9 Å². The quantitative estimate of drug-likeness (QED) is 0.589. The van der Waals surface area contributed by atoms with E-state index < -0.39 is 0 Å². The molecule has 1 amide bonds. The van der Waals surface area contributed by atoms with Crippen LogP contribution in [0.15, 0.2) is 24.3 Å². The number of methoxy groups -OCH3 is 1. The summed E-state index contributed by atoms with van der Waals surface area (Å²) in [6.45, 7) is 2.20. The first kappa shape index (κ1) is 20.8. The van der Waals surface area contributed by atoms with Crippen molar-refractivity contribution in [2.45, 2.75) is 67.5 Å². The van der Waals surface area contributed by atoms with Crippen LogP contribution in [0.5, 0.6) is 5.75 Å². The molecule has 5 heteroatoms. The molecule has 2 atom stereocenters. The molecule has 164 valence electrons. The minimum Gasteiger partial charge on any atom is -0.497 e.